The number of amides is 1. The van der Waals surface area contributed by atoms with Gasteiger partial charge in [0.1, 0.15) is 0 Å². The third-order valence-electron chi connectivity index (χ3n) is 6.83. The highest BCUT2D eigenvalue weighted by Gasteiger charge is 2.38. The number of piperidine rings is 2. The molecule has 0 aromatic rings. The van der Waals surface area contributed by atoms with Crippen molar-refractivity contribution >= 4 is 5.91 Å². The second-order valence-electron chi connectivity index (χ2n) is 8.51. The van der Waals surface area contributed by atoms with Crippen LogP contribution in [-0.2, 0) is 9.53 Å². The standard InChI is InChI=1S/C20H36N2O3/c1-25-14-4-10-20(16-23)9-3-11-22(15-20)18-7-12-21(13-8-18)19(24)17-5-2-6-17/h17-18,23H,2-16H2,1H3. The molecule has 5 nitrogen and oxygen atoms in total. The molecule has 1 atom stereocenters. The van der Waals surface area contributed by atoms with Gasteiger partial charge in [0.25, 0.3) is 0 Å². The molecule has 1 amide bonds. The molecule has 0 radical (unpaired) electrons. The summed E-state index contributed by atoms with van der Waals surface area (Å²) >= 11 is 0. The number of hydrogen-bond donors (Lipinski definition) is 1. The third kappa shape index (κ3) is 4.55. The van der Waals surface area contributed by atoms with E-state index in [1.807, 2.05) is 0 Å². The molecule has 0 aromatic carbocycles. The van der Waals surface area contributed by atoms with Gasteiger partial charge in [0.2, 0.25) is 5.91 Å². The molecule has 0 aromatic heterocycles. The highest BCUT2D eigenvalue weighted by Crippen LogP contribution is 2.37. The number of aliphatic hydroxyl groups is 1. The van der Waals surface area contributed by atoms with Crippen LogP contribution in [0.5, 0.6) is 0 Å². The fourth-order valence-corrected chi connectivity index (χ4v) is 4.93. The van der Waals surface area contributed by atoms with Gasteiger partial charge in [-0.15, -0.1) is 0 Å². The zero-order valence-electron chi connectivity index (χ0n) is 15.9. The number of rotatable bonds is 7. The van der Waals surface area contributed by atoms with Gasteiger partial charge in [0.15, 0.2) is 0 Å². The molecule has 0 spiro atoms. The molecule has 0 bridgehead atoms. The first-order chi connectivity index (χ1) is 12.2. The molecule has 3 rings (SSSR count). The Morgan fingerprint density at radius 2 is 1.92 bits per heavy atom. The summed E-state index contributed by atoms with van der Waals surface area (Å²) in [6.07, 6.45) is 10.0. The van der Waals surface area contributed by atoms with E-state index in [1.54, 1.807) is 7.11 Å². The molecule has 1 N–H and O–H groups in total. The number of ether oxygens (including phenoxy) is 1. The summed E-state index contributed by atoms with van der Waals surface area (Å²) in [5, 5.41) is 10.0. The minimum absolute atomic E-state index is 0.0513. The molecule has 2 heterocycles. The molecule has 2 aliphatic heterocycles. The van der Waals surface area contributed by atoms with E-state index >= 15 is 0 Å². The summed E-state index contributed by atoms with van der Waals surface area (Å²) in [5.41, 5.74) is 0.0513. The van der Waals surface area contributed by atoms with Crippen molar-refractivity contribution in [3.8, 4) is 0 Å². The Balaban J connectivity index is 1.49. The molecule has 1 saturated carbocycles. The number of carbonyl (C=O) groups excluding carboxylic acids is 1. The lowest BCUT2D eigenvalue weighted by molar-refractivity contribution is -0.140. The van der Waals surface area contributed by atoms with E-state index in [9.17, 15) is 9.90 Å². The molecule has 3 fully saturated rings. The van der Waals surface area contributed by atoms with Crippen LogP contribution in [0.2, 0.25) is 0 Å². The number of likely N-dealkylation sites (tertiary alicyclic amines) is 2. The second-order valence-corrected chi connectivity index (χ2v) is 8.51. The van der Waals surface area contributed by atoms with Crippen molar-refractivity contribution in [2.45, 2.75) is 63.8 Å². The Morgan fingerprint density at radius 1 is 1.16 bits per heavy atom. The van der Waals surface area contributed by atoms with Gasteiger partial charge in [-0.25, -0.2) is 0 Å². The van der Waals surface area contributed by atoms with Gasteiger partial charge in [0, 0.05) is 57.3 Å². The minimum Gasteiger partial charge on any atom is -0.396 e. The highest BCUT2D eigenvalue weighted by molar-refractivity contribution is 5.79. The van der Waals surface area contributed by atoms with Crippen LogP contribution >= 0.6 is 0 Å². The topological polar surface area (TPSA) is 53.0 Å². The van der Waals surface area contributed by atoms with Gasteiger partial charge in [-0.05, 0) is 57.9 Å². The van der Waals surface area contributed by atoms with Gasteiger partial charge >= 0.3 is 0 Å². The van der Waals surface area contributed by atoms with Crippen LogP contribution in [-0.4, -0.2) is 73.4 Å². The Bertz CT molecular complexity index is 433. The maximum absolute atomic E-state index is 12.4. The first-order valence-corrected chi connectivity index (χ1v) is 10.3. The first-order valence-electron chi connectivity index (χ1n) is 10.3. The largest absolute Gasteiger partial charge is 0.396 e. The highest BCUT2D eigenvalue weighted by atomic mass is 16.5. The molecular weight excluding hydrogens is 316 g/mol. The Morgan fingerprint density at radius 3 is 2.52 bits per heavy atom. The summed E-state index contributed by atoms with van der Waals surface area (Å²) < 4.78 is 5.20. The molecular formula is C20H36N2O3. The summed E-state index contributed by atoms with van der Waals surface area (Å²) in [6, 6.07) is 0.582. The van der Waals surface area contributed by atoms with E-state index in [1.165, 1.54) is 12.8 Å². The van der Waals surface area contributed by atoms with Crippen LogP contribution in [0.4, 0.5) is 0 Å². The molecule has 3 aliphatic rings. The maximum atomic E-state index is 12.4. The van der Waals surface area contributed by atoms with E-state index in [0.29, 0.717) is 17.9 Å². The monoisotopic (exact) mass is 352 g/mol. The van der Waals surface area contributed by atoms with Gasteiger partial charge < -0.3 is 14.7 Å². The fourth-order valence-electron chi connectivity index (χ4n) is 4.93. The normalized spacial score (nSPS) is 29.6. The minimum atomic E-state index is 0.0513. The number of hydrogen-bond acceptors (Lipinski definition) is 4. The van der Waals surface area contributed by atoms with Crippen molar-refractivity contribution in [3.05, 3.63) is 0 Å². The lowest BCUT2D eigenvalue weighted by Crippen LogP contribution is -2.54. The maximum Gasteiger partial charge on any atom is 0.225 e. The molecule has 2 saturated heterocycles. The predicted molar refractivity (Wildman–Crippen MR) is 98.4 cm³/mol. The summed E-state index contributed by atoms with van der Waals surface area (Å²) in [4.78, 5) is 17.1. The zero-order chi connectivity index (χ0) is 17.7. The molecule has 5 heteroatoms. The smallest absolute Gasteiger partial charge is 0.225 e. The Kier molecular flexibility index (Phi) is 6.75. The number of aliphatic hydroxyl groups excluding tert-OH is 1. The second kappa shape index (κ2) is 8.83. The molecule has 1 aliphatic carbocycles. The van der Waals surface area contributed by atoms with Gasteiger partial charge in [-0.2, -0.15) is 0 Å². The van der Waals surface area contributed by atoms with Crippen LogP contribution in [0.25, 0.3) is 0 Å². The third-order valence-corrected chi connectivity index (χ3v) is 6.83. The van der Waals surface area contributed by atoms with E-state index in [4.69, 9.17) is 4.74 Å². The van der Waals surface area contributed by atoms with Gasteiger partial charge in [-0.1, -0.05) is 6.42 Å². The van der Waals surface area contributed by atoms with E-state index in [0.717, 1.165) is 77.7 Å². The van der Waals surface area contributed by atoms with Crippen LogP contribution in [0.3, 0.4) is 0 Å². The van der Waals surface area contributed by atoms with Crippen molar-refractivity contribution in [1.82, 2.24) is 9.80 Å². The van der Waals surface area contributed by atoms with Gasteiger partial charge in [-0.3, -0.25) is 9.69 Å². The predicted octanol–water partition coefficient (Wildman–Crippen LogP) is 2.28. The first kappa shape index (κ1) is 19.1. The lowest BCUT2D eigenvalue weighted by atomic mass is 9.76. The van der Waals surface area contributed by atoms with Crippen LogP contribution in [0.1, 0.15) is 57.8 Å². The van der Waals surface area contributed by atoms with Crippen LogP contribution < -0.4 is 0 Å². The number of nitrogens with zero attached hydrogens (tertiary/aromatic N) is 2. The van der Waals surface area contributed by atoms with E-state index in [2.05, 4.69) is 9.80 Å². The summed E-state index contributed by atoms with van der Waals surface area (Å²) in [5.74, 6) is 0.738. The van der Waals surface area contributed by atoms with Crippen molar-refractivity contribution in [3.63, 3.8) is 0 Å². The SMILES string of the molecule is COCCCC1(CO)CCCN(C2CCN(C(=O)C3CCC3)CC2)C1. The van der Waals surface area contributed by atoms with E-state index in [-0.39, 0.29) is 12.0 Å². The van der Waals surface area contributed by atoms with Crippen molar-refractivity contribution in [2.75, 3.05) is 46.5 Å². The molecule has 25 heavy (non-hydrogen) atoms. The average molecular weight is 353 g/mol. The lowest BCUT2D eigenvalue weighted by Gasteiger charge is -2.47. The number of carbonyl (C=O) groups is 1. The van der Waals surface area contributed by atoms with Crippen molar-refractivity contribution < 1.29 is 14.6 Å². The fraction of sp³-hybridized carbons (Fsp3) is 0.950. The quantitative estimate of drug-likeness (QED) is 0.714. The average Bonchev–Trinajstić information content (AvgIpc) is 2.61. The Labute approximate surface area is 152 Å². The number of methoxy groups -OCH3 is 1. The summed E-state index contributed by atoms with van der Waals surface area (Å²) in [6.45, 7) is 5.07. The van der Waals surface area contributed by atoms with E-state index < -0.39 is 0 Å². The van der Waals surface area contributed by atoms with Crippen LogP contribution in [0.15, 0.2) is 0 Å². The summed E-state index contributed by atoms with van der Waals surface area (Å²) in [7, 11) is 1.75. The van der Waals surface area contributed by atoms with Crippen LogP contribution in [0, 0.1) is 11.3 Å². The van der Waals surface area contributed by atoms with Crippen molar-refractivity contribution in [2.24, 2.45) is 11.3 Å². The zero-order valence-corrected chi connectivity index (χ0v) is 15.9. The molecule has 144 valence electrons. The van der Waals surface area contributed by atoms with Gasteiger partial charge in [0.05, 0.1) is 0 Å². The molecule has 1 unspecified atom stereocenters. The van der Waals surface area contributed by atoms with Crippen molar-refractivity contribution in [1.29, 1.82) is 0 Å². The Hall–Kier alpha value is -0.650.